The molecule has 194 valence electrons. The number of nitrogen functional groups attached to an aromatic ring is 2. The smallest absolute Gasteiger partial charge is 1.00 e. The predicted octanol–water partition coefficient (Wildman–Crippen LogP) is 1.66. The van der Waals surface area contributed by atoms with Gasteiger partial charge in [0.2, 0.25) is 0 Å². The van der Waals surface area contributed by atoms with Crippen LogP contribution in [0.15, 0.2) is 82.3 Å². The molecule has 39 heavy (non-hydrogen) atoms. The second kappa shape index (κ2) is 12.5. The molecule has 0 bridgehead atoms. The molecule has 0 radical (unpaired) electrons. The molecular formula is C26H27N10NaO2. The van der Waals surface area contributed by atoms with Gasteiger partial charge in [-0.2, -0.15) is 0 Å². The summed E-state index contributed by atoms with van der Waals surface area (Å²) in [6, 6.07) is 19.9. The number of imidazole rings is 2. The van der Waals surface area contributed by atoms with E-state index in [0.29, 0.717) is 29.0 Å². The number of nitrogens with zero attached hydrogens (tertiary/aromatic N) is 7. The van der Waals surface area contributed by atoms with Crippen molar-refractivity contribution < 1.29 is 40.2 Å². The van der Waals surface area contributed by atoms with Crippen LogP contribution in [0.25, 0.3) is 45.6 Å². The van der Waals surface area contributed by atoms with Crippen LogP contribution >= 0.6 is 0 Å². The molecule has 0 aliphatic rings. The summed E-state index contributed by atoms with van der Waals surface area (Å²) in [7, 11) is 0. The molecule has 0 atom stereocenters. The molecule has 0 amide bonds. The van der Waals surface area contributed by atoms with Gasteiger partial charge in [-0.05, 0) is 32.1 Å². The Kier molecular flexibility index (Phi) is 8.92. The SMILES string of the molecule is CC(C)Cn1cc(-c2ccccc2)nc1-c1nonc1N.Nc1nonc1-c1ncc(-c2ccccc2)[nH]1.[H-].[Na+]. The maximum Gasteiger partial charge on any atom is 1.00 e. The summed E-state index contributed by atoms with van der Waals surface area (Å²) in [6.07, 6.45) is 3.73. The Balaban J connectivity index is 0.000000214. The third kappa shape index (κ3) is 6.42. The van der Waals surface area contributed by atoms with E-state index in [2.05, 4.69) is 54.1 Å². The fraction of sp³-hybridized carbons (Fsp3) is 0.154. The van der Waals surface area contributed by atoms with Gasteiger partial charge in [0.05, 0.1) is 17.6 Å². The van der Waals surface area contributed by atoms with E-state index < -0.39 is 0 Å². The summed E-state index contributed by atoms with van der Waals surface area (Å²) < 4.78 is 11.3. The average Bonchev–Trinajstić information content (AvgIpc) is 3.73. The van der Waals surface area contributed by atoms with E-state index in [1.807, 2.05) is 71.4 Å². The van der Waals surface area contributed by atoms with Crippen LogP contribution in [-0.4, -0.2) is 40.1 Å². The maximum absolute atomic E-state index is 5.80. The molecule has 5 N–H and O–H groups in total. The van der Waals surface area contributed by atoms with E-state index in [4.69, 9.17) is 16.1 Å². The van der Waals surface area contributed by atoms with Crippen LogP contribution in [0.4, 0.5) is 11.6 Å². The summed E-state index contributed by atoms with van der Waals surface area (Å²) in [5, 5.41) is 14.7. The number of rotatable bonds is 6. The average molecular weight is 535 g/mol. The third-order valence-electron chi connectivity index (χ3n) is 5.53. The molecule has 0 fully saturated rings. The van der Waals surface area contributed by atoms with Gasteiger partial charge in [0.1, 0.15) is 0 Å². The number of hydrogen-bond donors (Lipinski definition) is 3. The first-order chi connectivity index (χ1) is 18.5. The first-order valence-electron chi connectivity index (χ1n) is 11.9. The Morgan fingerprint density at radius 1 is 0.846 bits per heavy atom. The van der Waals surface area contributed by atoms with Gasteiger partial charge in [-0.3, -0.25) is 0 Å². The van der Waals surface area contributed by atoms with Crippen molar-refractivity contribution in [3.63, 3.8) is 0 Å². The van der Waals surface area contributed by atoms with E-state index in [1.54, 1.807) is 6.20 Å². The van der Waals surface area contributed by atoms with Crippen LogP contribution in [0, 0.1) is 5.92 Å². The molecule has 0 aliphatic heterocycles. The zero-order valence-electron chi connectivity index (χ0n) is 22.8. The number of aromatic nitrogens is 8. The van der Waals surface area contributed by atoms with Gasteiger partial charge in [-0.1, -0.05) is 74.5 Å². The second-order valence-electron chi connectivity index (χ2n) is 8.87. The standard InChI is InChI=1S/C15H17N5O.C11H9N5O.Na.H/c1-10(2)8-20-9-12(11-6-4-3-5-7-11)17-15(20)13-14(16)19-21-18-13;12-10-9(15-17-16-10)11-13-6-8(14-11)7-4-2-1-3-5-7;;/h3-7,9-10H,8H2,1-2H3,(H2,16,19);1-6H,(H2,12,16)(H,13,14);;/q;;+1;-1. The molecule has 0 saturated heterocycles. The van der Waals surface area contributed by atoms with E-state index in [1.165, 1.54) is 0 Å². The van der Waals surface area contributed by atoms with Gasteiger partial charge in [0.25, 0.3) is 0 Å². The van der Waals surface area contributed by atoms with Crippen molar-refractivity contribution in [2.75, 3.05) is 11.5 Å². The van der Waals surface area contributed by atoms with E-state index >= 15 is 0 Å². The van der Waals surface area contributed by atoms with Crippen LogP contribution in [0.2, 0.25) is 0 Å². The van der Waals surface area contributed by atoms with Crippen LogP contribution in [0.1, 0.15) is 15.3 Å². The molecule has 0 spiro atoms. The van der Waals surface area contributed by atoms with Gasteiger partial charge in [0.15, 0.2) is 34.7 Å². The van der Waals surface area contributed by atoms with E-state index in [0.717, 1.165) is 29.1 Å². The molecule has 0 saturated carbocycles. The minimum Gasteiger partial charge on any atom is -1.00 e. The number of anilines is 2. The summed E-state index contributed by atoms with van der Waals surface area (Å²) in [5.41, 5.74) is 16.2. The monoisotopic (exact) mass is 534 g/mol. The Hall–Kier alpha value is -4.26. The molecule has 4 heterocycles. The minimum absolute atomic E-state index is 0. The van der Waals surface area contributed by atoms with Crippen molar-refractivity contribution in [3.8, 4) is 45.6 Å². The number of H-pyrrole nitrogens is 1. The zero-order valence-corrected chi connectivity index (χ0v) is 23.8. The van der Waals surface area contributed by atoms with Crippen LogP contribution in [0.5, 0.6) is 0 Å². The normalized spacial score (nSPS) is 10.6. The van der Waals surface area contributed by atoms with Crippen LogP contribution < -0.4 is 41.0 Å². The van der Waals surface area contributed by atoms with Crippen molar-refractivity contribution in [2.24, 2.45) is 5.92 Å². The molecule has 13 heteroatoms. The topological polar surface area (TPSA) is 176 Å². The fourth-order valence-corrected chi connectivity index (χ4v) is 3.80. The molecule has 0 unspecified atom stereocenters. The Labute approximate surface area is 247 Å². The van der Waals surface area contributed by atoms with Crippen molar-refractivity contribution in [2.45, 2.75) is 20.4 Å². The van der Waals surface area contributed by atoms with Crippen molar-refractivity contribution >= 4 is 11.6 Å². The second-order valence-corrected chi connectivity index (χ2v) is 8.87. The molecule has 4 aromatic heterocycles. The minimum atomic E-state index is 0. The van der Waals surface area contributed by atoms with Crippen LogP contribution in [-0.2, 0) is 6.54 Å². The first kappa shape index (κ1) is 27.8. The largest absolute Gasteiger partial charge is 1.00 e. The summed E-state index contributed by atoms with van der Waals surface area (Å²) in [6.45, 7) is 5.12. The molecule has 12 nitrogen and oxygen atoms in total. The Bertz CT molecular complexity index is 1610. The van der Waals surface area contributed by atoms with Crippen molar-refractivity contribution in [1.82, 2.24) is 40.1 Å². The number of aromatic amines is 1. The predicted molar refractivity (Wildman–Crippen MR) is 143 cm³/mol. The van der Waals surface area contributed by atoms with Gasteiger partial charge < -0.3 is 22.4 Å². The Morgan fingerprint density at radius 3 is 2.00 bits per heavy atom. The first-order valence-corrected chi connectivity index (χ1v) is 11.9. The van der Waals surface area contributed by atoms with E-state index in [9.17, 15) is 0 Å². The molecule has 6 aromatic rings. The molecular weight excluding hydrogens is 507 g/mol. The molecule has 6 rings (SSSR count). The van der Waals surface area contributed by atoms with Gasteiger partial charge in [0, 0.05) is 18.3 Å². The van der Waals surface area contributed by atoms with Crippen molar-refractivity contribution in [1.29, 1.82) is 0 Å². The summed E-state index contributed by atoms with van der Waals surface area (Å²) >= 11 is 0. The number of hydrogen-bond acceptors (Lipinski definition) is 10. The third-order valence-corrected chi connectivity index (χ3v) is 5.53. The fourth-order valence-electron chi connectivity index (χ4n) is 3.80. The number of nitrogens with one attached hydrogen (secondary N) is 1. The van der Waals surface area contributed by atoms with Crippen LogP contribution in [0.3, 0.4) is 0 Å². The number of benzene rings is 2. The van der Waals surface area contributed by atoms with Gasteiger partial charge in [-0.15, -0.1) is 0 Å². The van der Waals surface area contributed by atoms with Crippen molar-refractivity contribution in [3.05, 3.63) is 73.1 Å². The molecule has 0 aliphatic carbocycles. The molecule has 2 aromatic carbocycles. The van der Waals surface area contributed by atoms with Gasteiger partial charge in [-0.25, -0.2) is 19.2 Å². The van der Waals surface area contributed by atoms with Gasteiger partial charge >= 0.3 is 29.6 Å². The zero-order chi connectivity index (χ0) is 26.5. The summed E-state index contributed by atoms with van der Waals surface area (Å²) in [4.78, 5) is 12.0. The Morgan fingerprint density at radius 2 is 1.44 bits per heavy atom. The quantitative estimate of drug-likeness (QED) is 0.266. The van der Waals surface area contributed by atoms with E-state index in [-0.39, 0.29) is 42.6 Å². The summed E-state index contributed by atoms with van der Waals surface area (Å²) in [5.74, 6) is 2.18. The maximum atomic E-state index is 5.80. The number of nitrogens with two attached hydrogens (primary N) is 2.